The minimum absolute atomic E-state index is 0.161. The summed E-state index contributed by atoms with van der Waals surface area (Å²) in [5.74, 6) is 0.511. The van der Waals surface area contributed by atoms with Crippen molar-refractivity contribution in [3.63, 3.8) is 0 Å². The van der Waals surface area contributed by atoms with Crippen molar-refractivity contribution in [2.75, 3.05) is 10.6 Å². The Labute approximate surface area is 213 Å². The number of rotatable bonds is 6. The molecule has 0 unspecified atom stereocenters. The largest absolute Gasteiger partial charge is 0.322 e. The highest BCUT2D eigenvalue weighted by atomic mass is 35.5. The third-order valence-corrected chi connectivity index (χ3v) is 6.76. The van der Waals surface area contributed by atoms with Crippen LogP contribution >= 0.6 is 23.2 Å². The maximum atomic E-state index is 12.6. The van der Waals surface area contributed by atoms with Gasteiger partial charge in [-0.25, -0.2) is 0 Å². The Morgan fingerprint density at radius 2 is 1.00 bits per heavy atom. The van der Waals surface area contributed by atoms with Gasteiger partial charge in [0, 0.05) is 34.3 Å². The average molecular weight is 501 g/mol. The van der Waals surface area contributed by atoms with E-state index in [9.17, 15) is 9.59 Å². The van der Waals surface area contributed by atoms with Crippen LogP contribution in [0.4, 0.5) is 11.4 Å². The van der Waals surface area contributed by atoms with Gasteiger partial charge in [-0.15, -0.1) is 23.2 Å². The van der Waals surface area contributed by atoms with Crippen LogP contribution in [0.15, 0.2) is 84.9 Å². The molecule has 0 fully saturated rings. The lowest BCUT2D eigenvalue weighted by Gasteiger charge is -2.09. The third-order valence-electron chi connectivity index (χ3n) is 6.14. The number of alkyl halides is 2. The molecule has 1 aliphatic rings. The van der Waals surface area contributed by atoms with Crippen molar-refractivity contribution in [3.8, 4) is 11.1 Å². The van der Waals surface area contributed by atoms with Crippen LogP contribution in [0.3, 0.4) is 0 Å². The number of carbonyl (C=O) groups is 2. The van der Waals surface area contributed by atoms with E-state index in [1.807, 2.05) is 60.7 Å². The van der Waals surface area contributed by atoms with E-state index < -0.39 is 0 Å². The first-order valence-electron chi connectivity index (χ1n) is 11.2. The summed E-state index contributed by atoms with van der Waals surface area (Å²) in [6.45, 7) is 0. The predicted octanol–water partition coefficient (Wildman–Crippen LogP) is 7.24. The summed E-state index contributed by atoms with van der Waals surface area (Å²) >= 11 is 11.7. The number of benzene rings is 4. The molecule has 4 nitrogen and oxygen atoms in total. The molecule has 35 heavy (non-hydrogen) atoms. The van der Waals surface area contributed by atoms with E-state index in [1.54, 1.807) is 24.3 Å². The molecule has 2 N–H and O–H groups in total. The summed E-state index contributed by atoms with van der Waals surface area (Å²) in [7, 11) is 0. The molecule has 0 saturated heterocycles. The standard InChI is InChI=1S/C29H22Cl2N2O2/c30-16-18-1-5-20(6-2-18)28(34)32-24-9-11-26-22(14-24)13-23-15-25(10-12-27(23)26)33-29(35)21-7-3-19(17-31)4-8-21/h1-12,14-15H,13,16-17H2,(H,32,34)(H,33,35). The second-order valence-corrected chi connectivity index (χ2v) is 9.02. The number of halogens is 2. The summed E-state index contributed by atoms with van der Waals surface area (Å²) in [5.41, 5.74) is 9.15. The van der Waals surface area contributed by atoms with Crippen LogP contribution in [0.5, 0.6) is 0 Å². The fourth-order valence-electron chi connectivity index (χ4n) is 4.26. The summed E-state index contributed by atoms with van der Waals surface area (Å²) in [6.07, 6.45) is 0.729. The maximum Gasteiger partial charge on any atom is 0.255 e. The van der Waals surface area contributed by atoms with Crippen molar-refractivity contribution >= 4 is 46.4 Å². The van der Waals surface area contributed by atoms with Crippen LogP contribution in [-0.2, 0) is 18.2 Å². The number of fused-ring (bicyclic) bond motifs is 3. The van der Waals surface area contributed by atoms with Crippen molar-refractivity contribution in [1.82, 2.24) is 0 Å². The Balaban J connectivity index is 1.29. The highest BCUT2D eigenvalue weighted by Gasteiger charge is 2.20. The molecule has 174 valence electrons. The molecule has 6 heteroatoms. The average Bonchev–Trinajstić information content (AvgIpc) is 3.25. The lowest BCUT2D eigenvalue weighted by molar-refractivity contribution is 0.101. The normalized spacial score (nSPS) is 11.5. The minimum Gasteiger partial charge on any atom is -0.322 e. The highest BCUT2D eigenvalue weighted by Crippen LogP contribution is 2.39. The van der Waals surface area contributed by atoms with Crippen molar-refractivity contribution in [3.05, 3.63) is 118 Å². The van der Waals surface area contributed by atoms with E-state index in [1.165, 1.54) is 0 Å². The monoisotopic (exact) mass is 500 g/mol. The number of carbonyl (C=O) groups excluding carboxylic acids is 2. The lowest BCUT2D eigenvalue weighted by Crippen LogP contribution is -2.12. The van der Waals surface area contributed by atoms with Crippen molar-refractivity contribution in [2.45, 2.75) is 18.2 Å². The zero-order valence-corrected chi connectivity index (χ0v) is 20.3. The van der Waals surface area contributed by atoms with Gasteiger partial charge in [-0.2, -0.15) is 0 Å². The fraction of sp³-hybridized carbons (Fsp3) is 0.103. The van der Waals surface area contributed by atoms with E-state index in [0.29, 0.717) is 22.9 Å². The van der Waals surface area contributed by atoms with Gasteiger partial charge in [0.15, 0.2) is 0 Å². The molecule has 1 aliphatic carbocycles. The number of anilines is 2. The number of amides is 2. The number of nitrogens with one attached hydrogen (secondary N) is 2. The van der Waals surface area contributed by atoms with E-state index in [-0.39, 0.29) is 11.8 Å². The Morgan fingerprint density at radius 3 is 1.37 bits per heavy atom. The van der Waals surface area contributed by atoms with Gasteiger partial charge >= 0.3 is 0 Å². The van der Waals surface area contributed by atoms with E-state index in [4.69, 9.17) is 23.2 Å². The van der Waals surface area contributed by atoms with Crippen LogP contribution in [0.2, 0.25) is 0 Å². The summed E-state index contributed by atoms with van der Waals surface area (Å²) < 4.78 is 0. The van der Waals surface area contributed by atoms with Crippen LogP contribution in [0.1, 0.15) is 43.0 Å². The second kappa shape index (κ2) is 9.95. The van der Waals surface area contributed by atoms with Gasteiger partial charge in [-0.05, 0) is 88.3 Å². The first-order valence-corrected chi connectivity index (χ1v) is 12.3. The van der Waals surface area contributed by atoms with Gasteiger partial charge in [0.2, 0.25) is 0 Å². The van der Waals surface area contributed by atoms with Gasteiger partial charge in [0.05, 0.1) is 0 Å². The molecule has 0 atom stereocenters. The zero-order valence-electron chi connectivity index (χ0n) is 18.8. The Bertz CT molecular complexity index is 1310. The van der Waals surface area contributed by atoms with Crippen LogP contribution < -0.4 is 10.6 Å². The molecule has 0 spiro atoms. The molecule has 4 aromatic rings. The van der Waals surface area contributed by atoms with Gasteiger partial charge in [0.25, 0.3) is 11.8 Å². The summed E-state index contributed by atoms with van der Waals surface area (Å²) in [4.78, 5) is 25.3. The van der Waals surface area contributed by atoms with Crippen LogP contribution in [0, 0.1) is 0 Å². The maximum absolute atomic E-state index is 12.6. The molecule has 0 aromatic heterocycles. The molecular formula is C29H22Cl2N2O2. The molecule has 0 saturated carbocycles. The van der Waals surface area contributed by atoms with Crippen molar-refractivity contribution in [1.29, 1.82) is 0 Å². The number of hydrogen-bond donors (Lipinski definition) is 2. The minimum atomic E-state index is -0.161. The van der Waals surface area contributed by atoms with Gasteiger partial charge in [-0.1, -0.05) is 36.4 Å². The molecule has 5 rings (SSSR count). The Kier molecular flexibility index (Phi) is 6.58. The van der Waals surface area contributed by atoms with Crippen LogP contribution in [-0.4, -0.2) is 11.8 Å². The molecule has 4 aromatic carbocycles. The zero-order chi connectivity index (χ0) is 24.4. The molecule has 0 aliphatic heterocycles. The molecule has 2 amide bonds. The quantitative estimate of drug-likeness (QED) is 0.241. The summed E-state index contributed by atoms with van der Waals surface area (Å²) in [5, 5.41) is 5.96. The van der Waals surface area contributed by atoms with Gasteiger partial charge in [0.1, 0.15) is 0 Å². The molecule has 0 heterocycles. The summed E-state index contributed by atoms with van der Waals surface area (Å²) in [6, 6.07) is 26.4. The van der Waals surface area contributed by atoms with E-state index in [2.05, 4.69) is 10.6 Å². The van der Waals surface area contributed by atoms with Gasteiger partial charge in [-0.3, -0.25) is 9.59 Å². The molecule has 0 radical (unpaired) electrons. The smallest absolute Gasteiger partial charge is 0.255 e. The lowest BCUT2D eigenvalue weighted by atomic mass is 10.0. The predicted molar refractivity (Wildman–Crippen MR) is 143 cm³/mol. The molecular weight excluding hydrogens is 479 g/mol. The Morgan fingerprint density at radius 1 is 0.600 bits per heavy atom. The Hall–Kier alpha value is -3.60. The van der Waals surface area contributed by atoms with Crippen molar-refractivity contribution in [2.24, 2.45) is 0 Å². The number of hydrogen-bond acceptors (Lipinski definition) is 2. The van der Waals surface area contributed by atoms with Crippen LogP contribution in [0.25, 0.3) is 11.1 Å². The fourth-order valence-corrected chi connectivity index (χ4v) is 4.62. The topological polar surface area (TPSA) is 58.2 Å². The van der Waals surface area contributed by atoms with E-state index >= 15 is 0 Å². The first-order chi connectivity index (χ1) is 17.0. The first kappa shape index (κ1) is 23.2. The highest BCUT2D eigenvalue weighted by molar-refractivity contribution is 6.17. The third kappa shape index (κ3) is 4.95. The SMILES string of the molecule is O=C(Nc1ccc2c(c1)Cc1cc(NC(=O)c3ccc(CCl)cc3)ccc1-2)c1ccc(CCl)cc1. The van der Waals surface area contributed by atoms with Crippen molar-refractivity contribution < 1.29 is 9.59 Å². The second-order valence-electron chi connectivity index (χ2n) is 8.49. The molecule has 0 bridgehead atoms. The van der Waals surface area contributed by atoms with E-state index in [0.717, 1.165) is 51.2 Å². The van der Waals surface area contributed by atoms with Gasteiger partial charge < -0.3 is 10.6 Å².